The lowest BCUT2D eigenvalue weighted by Gasteiger charge is -2.13. The van der Waals surface area contributed by atoms with Gasteiger partial charge in [-0.3, -0.25) is 14.9 Å². The Kier molecular flexibility index (Phi) is 5.67. The zero-order valence-corrected chi connectivity index (χ0v) is 16.5. The molecule has 0 fully saturated rings. The van der Waals surface area contributed by atoms with Crippen molar-refractivity contribution >= 4 is 51.4 Å². The summed E-state index contributed by atoms with van der Waals surface area (Å²) in [4.78, 5) is 27.1. The van der Waals surface area contributed by atoms with Crippen molar-refractivity contribution in [1.82, 2.24) is 4.98 Å². The summed E-state index contributed by atoms with van der Waals surface area (Å²) in [5.74, 6) is -0.244. The molecule has 28 heavy (non-hydrogen) atoms. The van der Waals surface area contributed by atoms with Gasteiger partial charge in [0, 0.05) is 23.2 Å². The van der Waals surface area contributed by atoms with Gasteiger partial charge in [-0.25, -0.2) is 4.98 Å². The Morgan fingerprint density at radius 3 is 2.64 bits per heavy atom. The van der Waals surface area contributed by atoms with Crippen LogP contribution in [0.25, 0.3) is 10.9 Å². The maximum atomic E-state index is 12.3. The maximum Gasteiger partial charge on any atom is 0.271 e. The summed E-state index contributed by atoms with van der Waals surface area (Å²) in [5, 5.41) is 14.8. The molecule has 144 valence electrons. The van der Waals surface area contributed by atoms with Gasteiger partial charge in [-0.15, -0.1) is 0 Å². The fraction of sp³-hybridized carbons (Fsp3) is 0.158. The number of benzene rings is 2. The van der Waals surface area contributed by atoms with Gasteiger partial charge in [-0.1, -0.05) is 29.3 Å². The van der Waals surface area contributed by atoms with Gasteiger partial charge in [0.15, 0.2) is 12.4 Å². The summed E-state index contributed by atoms with van der Waals surface area (Å²) >= 11 is 12.4. The minimum atomic E-state index is -0.529. The van der Waals surface area contributed by atoms with Crippen molar-refractivity contribution in [3.63, 3.8) is 0 Å². The van der Waals surface area contributed by atoms with Gasteiger partial charge in [0.2, 0.25) is 0 Å². The second kappa shape index (κ2) is 8.00. The highest BCUT2D eigenvalue weighted by Gasteiger charge is 2.16. The second-order valence-corrected chi connectivity index (χ2v) is 6.93. The molecule has 7 nitrogen and oxygen atoms in total. The van der Waals surface area contributed by atoms with Crippen molar-refractivity contribution in [1.29, 1.82) is 0 Å². The number of ether oxygens (including phenoxy) is 1. The molecule has 0 atom stereocenters. The predicted molar refractivity (Wildman–Crippen MR) is 108 cm³/mol. The zero-order chi connectivity index (χ0) is 20.4. The molecular formula is C19H15Cl2N3O4. The lowest BCUT2D eigenvalue weighted by Crippen LogP contribution is -2.21. The van der Waals surface area contributed by atoms with Crippen LogP contribution in [0.1, 0.15) is 11.3 Å². The number of pyridine rings is 1. The average Bonchev–Trinajstić information content (AvgIpc) is 2.62. The first-order valence-corrected chi connectivity index (χ1v) is 8.95. The molecule has 3 rings (SSSR count). The predicted octanol–water partition coefficient (Wildman–Crippen LogP) is 5.08. The normalized spacial score (nSPS) is 10.7. The van der Waals surface area contributed by atoms with Gasteiger partial charge in [-0.2, -0.15) is 0 Å². The van der Waals surface area contributed by atoms with E-state index in [-0.39, 0.29) is 23.1 Å². The number of carbonyl (C=O) groups is 1. The van der Waals surface area contributed by atoms with Gasteiger partial charge < -0.3 is 10.1 Å². The largest absolute Gasteiger partial charge is 0.480 e. The Hall–Kier alpha value is -2.90. The van der Waals surface area contributed by atoms with Crippen molar-refractivity contribution in [2.75, 3.05) is 11.9 Å². The average molecular weight is 420 g/mol. The number of nitrogens with zero attached hydrogens (tertiary/aromatic N) is 2. The molecule has 1 aromatic heterocycles. The summed E-state index contributed by atoms with van der Waals surface area (Å²) < 4.78 is 5.61. The van der Waals surface area contributed by atoms with Crippen LogP contribution in [0, 0.1) is 24.0 Å². The van der Waals surface area contributed by atoms with Crippen LogP contribution in [0.5, 0.6) is 5.75 Å². The molecule has 1 amide bonds. The van der Waals surface area contributed by atoms with Crippen LogP contribution in [-0.2, 0) is 4.79 Å². The van der Waals surface area contributed by atoms with Crippen LogP contribution in [-0.4, -0.2) is 22.4 Å². The third-order valence-electron chi connectivity index (χ3n) is 4.03. The number of aryl methyl sites for hydroxylation is 2. The number of rotatable bonds is 5. The number of nitrogens with one attached hydrogen (secondary N) is 1. The minimum absolute atomic E-state index is 0.117. The molecule has 0 aliphatic rings. The van der Waals surface area contributed by atoms with Crippen molar-refractivity contribution in [3.8, 4) is 5.75 Å². The molecule has 0 unspecified atom stereocenters. The first kappa shape index (κ1) is 19.9. The highest BCUT2D eigenvalue weighted by atomic mass is 35.5. The molecule has 3 aromatic rings. The van der Waals surface area contributed by atoms with Crippen molar-refractivity contribution in [2.45, 2.75) is 13.8 Å². The van der Waals surface area contributed by atoms with Crippen LogP contribution >= 0.6 is 23.2 Å². The number of nitro benzene ring substituents is 1. The first-order chi connectivity index (χ1) is 13.3. The molecule has 0 radical (unpaired) electrons. The van der Waals surface area contributed by atoms with E-state index in [4.69, 9.17) is 27.9 Å². The molecule has 0 saturated heterocycles. The van der Waals surface area contributed by atoms with E-state index in [1.807, 2.05) is 13.0 Å². The van der Waals surface area contributed by atoms with Crippen LogP contribution < -0.4 is 10.1 Å². The quantitative estimate of drug-likeness (QED) is 0.459. The zero-order valence-electron chi connectivity index (χ0n) is 15.0. The van der Waals surface area contributed by atoms with E-state index in [9.17, 15) is 14.9 Å². The van der Waals surface area contributed by atoms with Crippen LogP contribution in [0.4, 0.5) is 11.4 Å². The van der Waals surface area contributed by atoms with Gasteiger partial charge in [0.25, 0.3) is 11.6 Å². The number of amides is 1. The molecule has 9 heteroatoms. The number of hydrogen-bond donors (Lipinski definition) is 1. The maximum absolute atomic E-state index is 12.3. The fourth-order valence-electron chi connectivity index (χ4n) is 2.61. The van der Waals surface area contributed by atoms with E-state index >= 15 is 0 Å². The fourth-order valence-corrected chi connectivity index (χ4v) is 3.18. The number of nitro groups is 1. The van der Waals surface area contributed by atoms with E-state index in [2.05, 4.69) is 10.3 Å². The molecule has 1 heterocycles. The standard InChI is InChI=1S/C19H15Cl2N3O4/c1-10-3-5-12(24(26)27)7-16(10)23-17(25)9-28-19-15(21)8-14(20)13-6-4-11(2)22-18(13)19/h3-8H,9H2,1-2H3,(H,23,25). The van der Waals surface area contributed by atoms with Crippen molar-refractivity contribution < 1.29 is 14.5 Å². The number of non-ortho nitro benzene ring substituents is 1. The van der Waals surface area contributed by atoms with Gasteiger partial charge >= 0.3 is 0 Å². The third-order valence-corrected chi connectivity index (χ3v) is 4.62. The van der Waals surface area contributed by atoms with E-state index in [1.165, 1.54) is 18.2 Å². The molecule has 0 aliphatic carbocycles. The van der Waals surface area contributed by atoms with Gasteiger partial charge in [0.05, 0.1) is 20.7 Å². The van der Waals surface area contributed by atoms with E-state index in [1.54, 1.807) is 19.1 Å². The monoisotopic (exact) mass is 419 g/mol. The Labute approximate surface area is 170 Å². The molecule has 0 bridgehead atoms. The molecule has 0 aliphatic heterocycles. The van der Waals surface area contributed by atoms with E-state index in [0.29, 0.717) is 27.2 Å². The topological polar surface area (TPSA) is 94.4 Å². The highest BCUT2D eigenvalue weighted by molar-refractivity contribution is 6.39. The van der Waals surface area contributed by atoms with Crippen LogP contribution in [0.2, 0.25) is 10.0 Å². The number of halogens is 2. The molecular weight excluding hydrogens is 405 g/mol. The summed E-state index contributed by atoms with van der Waals surface area (Å²) in [6.07, 6.45) is 0. The van der Waals surface area contributed by atoms with Gasteiger partial charge in [-0.05, 0) is 37.6 Å². The Bertz CT molecular complexity index is 1100. The molecule has 0 saturated carbocycles. The summed E-state index contributed by atoms with van der Waals surface area (Å²) in [7, 11) is 0. The number of fused-ring (bicyclic) bond motifs is 1. The smallest absolute Gasteiger partial charge is 0.271 e. The first-order valence-electron chi connectivity index (χ1n) is 8.19. The Morgan fingerprint density at radius 1 is 1.18 bits per heavy atom. The lowest BCUT2D eigenvalue weighted by atomic mass is 10.2. The number of carbonyl (C=O) groups excluding carboxylic acids is 1. The summed E-state index contributed by atoms with van der Waals surface area (Å²) in [6, 6.07) is 9.36. The SMILES string of the molecule is Cc1ccc2c(Cl)cc(Cl)c(OCC(=O)Nc3cc([N+](=O)[O-])ccc3C)c2n1. The van der Waals surface area contributed by atoms with Crippen LogP contribution in [0.3, 0.4) is 0 Å². The summed E-state index contributed by atoms with van der Waals surface area (Å²) in [5.41, 5.74) is 2.10. The van der Waals surface area contributed by atoms with E-state index in [0.717, 1.165) is 5.69 Å². The number of hydrogen-bond acceptors (Lipinski definition) is 5. The van der Waals surface area contributed by atoms with Crippen molar-refractivity contribution in [3.05, 3.63) is 67.8 Å². The summed E-state index contributed by atoms with van der Waals surface area (Å²) in [6.45, 7) is 3.19. The number of aromatic nitrogens is 1. The molecule has 2 aromatic carbocycles. The highest BCUT2D eigenvalue weighted by Crippen LogP contribution is 2.37. The van der Waals surface area contributed by atoms with Crippen molar-refractivity contribution in [2.24, 2.45) is 0 Å². The Balaban J connectivity index is 1.81. The number of anilines is 1. The Morgan fingerprint density at radius 2 is 1.93 bits per heavy atom. The van der Waals surface area contributed by atoms with E-state index < -0.39 is 10.8 Å². The molecule has 0 spiro atoms. The third kappa shape index (κ3) is 4.16. The lowest BCUT2D eigenvalue weighted by molar-refractivity contribution is -0.384. The second-order valence-electron chi connectivity index (χ2n) is 6.11. The van der Waals surface area contributed by atoms with Gasteiger partial charge in [0.1, 0.15) is 5.52 Å². The molecule has 1 N–H and O–H groups in total. The van der Waals surface area contributed by atoms with Crippen LogP contribution in [0.15, 0.2) is 36.4 Å². The minimum Gasteiger partial charge on any atom is -0.480 e.